The van der Waals surface area contributed by atoms with E-state index in [1.54, 1.807) is 24.8 Å². The minimum absolute atomic E-state index is 0.0978. The number of pyridine rings is 1. The second-order valence-electron chi connectivity index (χ2n) is 4.54. The lowest BCUT2D eigenvalue weighted by molar-refractivity contribution is -0.141. The zero-order valence-electron chi connectivity index (χ0n) is 11.9. The number of amides is 1. The highest BCUT2D eigenvalue weighted by Gasteiger charge is 2.17. The number of hydrogen-bond acceptors (Lipinski definition) is 5. The van der Waals surface area contributed by atoms with E-state index >= 15 is 0 Å². The number of methoxy groups -OCH3 is 1. The first-order valence-electron chi connectivity index (χ1n) is 6.05. The number of carbonyl (C=O) groups excluding carboxylic acids is 2. The van der Waals surface area contributed by atoms with Gasteiger partial charge < -0.3 is 9.64 Å². The van der Waals surface area contributed by atoms with Crippen LogP contribution in [-0.4, -0.2) is 52.2 Å². The second kappa shape index (κ2) is 5.28. The van der Waals surface area contributed by atoms with Crippen LogP contribution < -0.4 is 0 Å². The Morgan fingerprint density at radius 2 is 2.15 bits per heavy atom. The second-order valence-corrected chi connectivity index (χ2v) is 4.54. The van der Waals surface area contributed by atoms with Crippen molar-refractivity contribution in [1.29, 1.82) is 0 Å². The fourth-order valence-electron chi connectivity index (χ4n) is 1.98. The first-order valence-corrected chi connectivity index (χ1v) is 6.05. The first-order chi connectivity index (χ1) is 9.43. The Hall–Kier alpha value is -2.44. The summed E-state index contributed by atoms with van der Waals surface area (Å²) in [6, 6.07) is 1.74. The van der Waals surface area contributed by atoms with Gasteiger partial charge in [0.1, 0.15) is 6.54 Å². The van der Waals surface area contributed by atoms with E-state index in [9.17, 15) is 9.59 Å². The van der Waals surface area contributed by atoms with E-state index in [-0.39, 0.29) is 12.5 Å². The Labute approximate surface area is 116 Å². The van der Waals surface area contributed by atoms with E-state index in [4.69, 9.17) is 0 Å². The van der Waals surface area contributed by atoms with Crippen LogP contribution in [0.3, 0.4) is 0 Å². The van der Waals surface area contributed by atoms with E-state index in [1.807, 2.05) is 6.92 Å². The molecule has 2 heterocycles. The smallest absolute Gasteiger partial charge is 0.325 e. The molecule has 0 saturated carbocycles. The molecule has 2 aromatic heterocycles. The summed E-state index contributed by atoms with van der Waals surface area (Å²) in [5, 5.41) is 5.08. The third-order valence-electron chi connectivity index (χ3n) is 3.05. The van der Waals surface area contributed by atoms with Gasteiger partial charge in [-0.05, 0) is 13.0 Å². The number of ether oxygens (including phenoxy) is 1. The number of rotatable bonds is 3. The number of aromatic nitrogens is 3. The van der Waals surface area contributed by atoms with Crippen LogP contribution in [-0.2, 0) is 16.6 Å². The average molecular weight is 276 g/mol. The van der Waals surface area contributed by atoms with Crippen molar-refractivity contribution in [3.05, 3.63) is 23.5 Å². The summed E-state index contributed by atoms with van der Waals surface area (Å²) in [6.45, 7) is 1.76. The van der Waals surface area contributed by atoms with Gasteiger partial charge in [0.15, 0.2) is 5.65 Å². The fourth-order valence-corrected chi connectivity index (χ4v) is 1.98. The molecule has 7 nitrogen and oxygen atoms in total. The van der Waals surface area contributed by atoms with Crippen LogP contribution in [0, 0.1) is 6.92 Å². The number of hydrogen-bond donors (Lipinski definition) is 0. The number of fused-ring (bicyclic) bond motifs is 1. The summed E-state index contributed by atoms with van der Waals surface area (Å²) in [6.07, 6.45) is 1.49. The van der Waals surface area contributed by atoms with Crippen LogP contribution in [0.1, 0.15) is 16.1 Å². The molecule has 0 N–H and O–H groups in total. The highest BCUT2D eigenvalue weighted by atomic mass is 16.5. The molecule has 0 radical (unpaired) electrons. The highest BCUT2D eigenvalue weighted by Crippen LogP contribution is 2.17. The molecule has 0 saturated heterocycles. The molecule has 0 bridgehead atoms. The van der Waals surface area contributed by atoms with Gasteiger partial charge in [-0.2, -0.15) is 5.10 Å². The maximum Gasteiger partial charge on any atom is 0.325 e. The number of carbonyl (C=O) groups is 2. The van der Waals surface area contributed by atoms with Crippen LogP contribution in [0.5, 0.6) is 0 Å². The highest BCUT2D eigenvalue weighted by molar-refractivity contribution is 5.98. The minimum Gasteiger partial charge on any atom is -0.468 e. The molecule has 0 aromatic carbocycles. The first kappa shape index (κ1) is 14.0. The molecule has 2 aromatic rings. The summed E-state index contributed by atoms with van der Waals surface area (Å²) in [5.41, 5.74) is 1.94. The molecule has 0 spiro atoms. The average Bonchev–Trinajstić information content (AvgIpc) is 2.72. The molecule has 20 heavy (non-hydrogen) atoms. The van der Waals surface area contributed by atoms with E-state index in [0.29, 0.717) is 5.56 Å². The summed E-state index contributed by atoms with van der Waals surface area (Å²) in [5.74, 6) is -0.750. The van der Waals surface area contributed by atoms with E-state index in [2.05, 4.69) is 14.8 Å². The predicted molar refractivity (Wildman–Crippen MR) is 72.2 cm³/mol. The van der Waals surface area contributed by atoms with Gasteiger partial charge >= 0.3 is 5.97 Å². The van der Waals surface area contributed by atoms with Crippen molar-refractivity contribution in [1.82, 2.24) is 19.7 Å². The van der Waals surface area contributed by atoms with Gasteiger partial charge in [-0.1, -0.05) is 0 Å². The number of esters is 1. The van der Waals surface area contributed by atoms with Gasteiger partial charge in [0, 0.05) is 25.7 Å². The van der Waals surface area contributed by atoms with Gasteiger partial charge in [-0.3, -0.25) is 14.3 Å². The van der Waals surface area contributed by atoms with Gasteiger partial charge in [0.05, 0.1) is 18.4 Å². The minimum atomic E-state index is -0.465. The maximum atomic E-state index is 12.2. The Bertz CT molecular complexity index is 678. The molecule has 1 amide bonds. The van der Waals surface area contributed by atoms with Crippen molar-refractivity contribution >= 4 is 22.9 Å². The van der Waals surface area contributed by atoms with Crippen LogP contribution in [0.2, 0.25) is 0 Å². The van der Waals surface area contributed by atoms with Crippen LogP contribution in [0.15, 0.2) is 12.3 Å². The fraction of sp³-hybridized carbons (Fsp3) is 0.385. The van der Waals surface area contributed by atoms with Crippen molar-refractivity contribution in [2.24, 2.45) is 7.05 Å². The maximum absolute atomic E-state index is 12.2. The predicted octanol–water partition coefficient (Wildman–Crippen LogP) is 0.522. The van der Waals surface area contributed by atoms with Crippen molar-refractivity contribution < 1.29 is 14.3 Å². The lowest BCUT2D eigenvalue weighted by Crippen LogP contribution is -2.32. The van der Waals surface area contributed by atoms with Crippen molar-refractivity contribution in [3.8, 4) is 0 Å². The van der Waals surface area contributed by atoms with E-state index in [1.165, 1.54) is 18.2 Å². The molecule has 0 unspecified atom stereocenters. The van der Waals surface area contributed by atoms with E-state index in [0.717, 1.165) is 16.7 Å². The quantitative estimate of drug-likeness (QED) is 0.764. The van der Waals surface area contributed by atoms with Crippen LogP contribution in [0.25, 0.3) is 11.0 Å². The Kier molecular flexibility index (Phi) is 3.69. The number of likely N-dealkylation sites (N-methyl/N-ethyl adjacent to an activating group) is 1. The Morgan fingerprint density at radius 1 is 1.45 bits per heavy atom. The topological polar surface area (TPSA) is 77.3 Å². The van der Waals surface area contributed by atoms with Gasteiger partial charge in [-0.25, -0.2) is 4.98 Å². The molecule has 0 aliphatic carbocycles. The molecule has 106 valence electrons. The number of nitrogens with zero attached hydrogens (tertiary/aromatic N) is 4. The number of aryl methyl sites for hydroxylation is 2. The Balaban J connectivity index is 2.31. The van der Waals surface area contributed by atoms with E-state index < -0.39 is 5.97 Å². The molecule has 2 rings (SSSR count). The van der Waals surface area contributed by atoms with Crippen molar-refractivity contribution in [3.63, 3.8) is 0 Å². The standard InChI is InChI=1S/C13H16N4O3/c1-8-10-5-9(6-14-12(10)17(3)15-8)13(19)16(2)7-11(18)20-4/h5-6H,7H2,1-4H3. The molecule has 0 aliphatic rings. The SMILES string of the molecule is COC(=O)CN(C)C(=O)c1cnc2c(c1)c(C)nn2C. The lowest BCUT2D eigenvalue weighted by Gasteiger charge is -2.15. The molecule has 0 fully saturated rings. The molecule has 0 atom stereocenters. The van der Waals surface area contributed by atoms with Crippen molar-refractivity contribution in [2.75, 3.05) is 20.7 Å². The third kappa shape index (κ3) is 2.47. The zero-order valence-corrected chi connectivity index (χ0v) is 11.9. The van der Waals surface area contributed by atoms with Crippen LogP contribution >= 0.6 is 0 Å². The summed E-state index contributed by atoms with van der Waals surface area (Å²) in [4.78, 5) is 28.9. The molecule has 0 aliphatic heterocycles. The Morgan fingerprint density at radius 3 is 2.80 bits per heavy atom. The monoisotopic (exact) mass is 276 g/mol. The van der Waals surface area contributed by atoms with Gasteiger partial charge in [-0.15, -0.1) is 0 Å². The zero-order chi connectivity index (χ0) is 14.9. The summed E-state index contributed by atoms with van der Waals surface area (Å²) >= 11 is 0. The van der Waals surface area contributed by atoms with Crippen molar-refractivity contribution in [2.45, 2.75) is 6.92 Å². The molecule has 7 heteroatoms. The largest absolute Gasteiger partial charge is 0.468 e. The molecular formula is C13H16N4O3. The van der Waals surface area contributed by atoms with Gasteiger partial charge in [0.2, 0.25) is 0 Å². The van der Waals surface area contributed by atoms with Gasteiger partial charge in [0.25, 0.3) is 5.91 Å². The molecular weight excluding hydrogens is 260 g/mol. The normalized spacial score (nSPS) is 10.6. The summed E-state index contributed by atoms with van der Waals surface area (Å²) in [7, 11) is 4.63. The lowest BCUT2D eigenvalue weighted by atomic mass is 10.2. The third-order valence-corrected chi connectivity index (χ3v) is 3.05. The van der Waals surface area contributed by atoms with Crippen LogP contribution in [0.4, 0.5) is 0 Å². The summed E-state index contributed by atoms with van der Waals surface area (Å²) < 4.78 is 6.20.